The lowest BCUT2D eigenvalue weighted by molar-refractivity contribution is -0.129. The number of ketones is 1. The van der Waals surface area contributed by atoms with Crippen LogP contribution in [0.1, 0.15) is 45.6 Å². The number of carbonyl (C=O) groups is 2. The minimum Gasteiger partial charge on any atom is -0.484 e. The van der Waals surface area contributed by atoms with Crippen molar-refractivity contribution in [3.63, 3.8) is 0 Å². The molecule has 39 heavy (non-hydrogen) atoms. The van der Waals surface area contributed by atoms with Gasteiger partial charge in [-0.15, -0.1) is 0 Å². The Morgan fingerprint density at radius 2 is 1.72 bits per heavy atom. The smallest absolute Gasteiger partial charge is 0.258 e. The normalized spacial score (nSPS) is 17.6. The zero-order valence-electron chi connectivity index (χ0n) is 22.9. The van der Waals surface area contributed by atoms with Crippen molar-refractivity contribution in [1.29, 1.82) is 0 Å². The molecule has 0 aliphatic carbocycles. The third kappa shape index (κ3) is 8.78. The van der Waals surface area contributed by atoms with Gasteiger partial charge < -0.3 is 20.7 Å². The van der Waals surface area contributed by atoms with Crippen molar-refractivity contribution < 1.29 is 14.3 Å². The van der Waals surface area contributed by atoms with Crippen molar-refractivity contribution in [3.05, 3.63) is 66.5 Å². The molecule has 1 aliphatic heterocycles. The number of nitrogens with zero attached hydrogens (tertiary/aromatic N) is 3. The fourth-order valence-electron chi connectivity index (χ4n) is 4.59. The molecule has 0 fully saturated rings. The van der Waals surface area contributed by atoms with Gasteiger partial charge in [0.1, 0.15) is 23.7 Å². The molecule has 1 aromatic heterocycles. The number of rotatable bonds is 3. The summed E-state index contributed by atoms with van der Waals surface area (Å²) in [6.07, 6.45) is 3.25. The van der Waals surface area contributed by atoms with E-state index in [-0.39, 0.29) is 24.2 Å². The number of carbonyl (C=O) groups excluding carboxylic acids is 2. The molecule has 3 N–H and O–H groups in total. The maximum atomic E-state index is 13.1. The minimum absolute atomic E-state index is 0.0637. The van der Waals surface area contributed by atoms with Crippen LogP contribution in [0.15, 0.2) is 60.9 Å². The lowest BCUT2D eigenvalue weighted by atomic mass is 9.97. The second kappa shape index (κ2) is 13.7. The Bertz CT molecular complexity index is 1260. The van der Waals surface area contributed by atoms with Crippen molar-refractivity contribution in [2.45, 2.75) is 52.6 Å². The maximum Gasteiger partial charge on any atom is 0.258 e. The van der Waals surface area contributed by atoms with Gasteiger partial charge >= 0.3 is 0 Å². The van der Waals surface area contributed by atoms with Gasteiger partial charge in [0.25, 0.3) is 5.91 Å². The van der Waals surface area contributed by atoms with E-state index in [1.165, 1.54) is 11.9 Å². The largest absolute Gasteiger partial charge is 0.484 e. The molecule has 206 valence electrons. The molecule has 1 aliphatic rings. The van der Waals surface area contributed by atoms with E-state index in [0.717, 1.165) is 37.4 Å². The third-order valence-electron chi connectivity index (χ3n) is 6.52. The van der Waals surface area contributed by atoms with E-state index in [4.69, 9.17) is 4.74 Å². The maximum absolute atomic E-state index is 13.1. The van der Waals surface area contributed by atoms with E-state index in [9.17, 15) is 9.59 Å². The monoisotopic (exact) mass is 530 g/mol. The van der Waals surface area contributed by atoms with Crippen LogP contribution < -0.4 is 20.7 Å². The number of hydrogen-bond acceptors (Lipinski definition) is 8. The number of benzene rings is 2. The summed E-state index contributed by atoms with van der Waals surface area (Å²) in [7, 11) is 0. The lowest BCUT2D eigenvalue weighted by Gasteiger charge is -2.23. The van der Waals surface area contributed by atoms with Gasteiger partial charge in [-0.2, -0.15) is 0 Å². The van der Waals surface area contributed by atoms with Crippen molar-refractivity contribution >= 4 is 34.7 Å². The Balaban J connectivity index is 1.58. The third-order valence-corrected chi connectivity index (χ3v) is 6.52. The molecule has 6 bridgehead atoms. The molecule has 1 atom stereocenters. The van der Waals surface area contributed by atoms with Crippen LogP contribution in [0.2, 0.25) is 0 Å². The summed E-state index contributed by atoms with van der Waals surface area (Å²) in [6.45, 7) is 8.50. The van der Waals surface area contributed by atoms with Crippen molar-refractivity contribution in [3.8, 4) is 5.75 Å². The van der Waals surface area contributed by atoms with Crippen LogP contribution in [0.25, 0.3) is 0 Å². The Morgan fingerprint density at radius 3 is 2.44 bits per heavy atom. The van der Waals surface area contributed by atoms with Gasteiger partial charge in [-0.05, 0) is 61.7 Å². The number of hydrogen-bond donors (Lipinski definition) is 3. The van der Waals surface area contributed by atoms with Crippen LogP contribution in [0.4, 0.5) is 23.0 Å². The number of nitrogens with one attached hydrogen (secondary N) is 3. The predicted molar refractivity (Wildman–Crippen MR) is 154 cm³/mol. The van der Waals surface area contributed by atoms with E-state index >= 15 is 0 Å². The highest BCUT2D eigenvalue weighted by Gasteiger charge is 2.22. The molecule has 1 amide bonds. The Labute approximate surface area is 230 Å². The molecule has 4 rings (SSSR count). The molecule has 0 saturated heterocycles. The zero-order valence-corrected chi connectivity index (χ0v) is 22.9. The van der Waals surface area contributed by atoms with Crippen LogP contribution in [-0.4, -0.2) is 52.3 Å². The predicted octanol–water partition coefficient (Wildman–Crippen LogP) is 5.06. The Hall–Kier alpha value is -3.98. The van der Waals surface area contributed by atoms with Crippen LogP contribution in [-0.2, 0) is 16.1 Å². The second-order valence-electron chi connectivity index (χ2n) is 10.2. The molecule has 0 spiro atoms. The second-order valence-corrected chi connectivity index (χ2v) is 10.2. The minimum atomic E-state index is -0.517. The SMILES string of the molecule is CCN1CCCC(=O)C(CC(C)C)NC(=O)COc2cccc(c2)Nc2cc(ncn2)Nc2cccc(c2)C1. The van der Waals surface area contributed by atoms with Gasteiger partial charge in [0.05, 0.1) is 6.04 Å². The number of fused-ring (bicyclic) bond motifs is 6. The van der Waals surface area contributed by atoms with E-state index in [0.29, 0.717) is 30.2 Å². The van der Waals surface area contributed by atoms with Crippen molar-refractivity contribution in [1.82, 2.24) is 20.2 Å². The summed E-state index contributed by atoms with van der Waals surface area (Å²) in [6, 6.07) is 16.9. The van der Waals surface area contributed by atoms with Crippen molar-refractivity contribution in [2.24, 2.45) is 5.92 Å². The number of aromatic nitrogens is 2. The first kappa shape index (κ1) is 28.0. The summed E-state index contributed by atoms with van der Waals surface area (Å²) >= 11 is 0. The van der Waals surface area contributed by atoms with Crippen LogP contribution in [0.5, 0.6) is 5.75 Å². The fourth-order valence-corrected chi connectivity index (χ4v) is 4.59. The van der Waals surface area contributed by atoms with E-state index in [1.807, 2.05) is 30.3 Å². The molecule has 2 heterocycles. The number of anilines is 4. The van der Waals surface area contributed by atoms with E-state index in [1.54, 1.807) is 12.1 Å². The number of ether oxygens (including phenoxy) is 1. The molecule has 9 heteroatoms. The van der Waals surface area contributed by atoms with Gasteiger partial charge in [0.2, 0.25) is 0 Å². The Morgan fingerprint density at radius 1 is 1.00 bits per heavy atom. The summed E-state index contributed by atoms with van der Waals surface area (Å²) in [4.78, 5) is 36.8. The van der Waals surface area contributed by atoms with E-state index < -0.39 is 6.04 Å². The summed E-state index contributed by atoms with van der Waals surface area (Å²) in [5.74, 6) is 1.85. The summed E-state index contributed by atoms with van der Waals surface area (Å²) < 4.78 is 5.75. The zero-order chi connectivity index (χ0) is 27.6. The highest BCUT2D eigenvalue weighted by Crippen LogP contribution is 2.23. The average molecular weight is 531 g/mol. The number of amides is 1. The van der Waals surface area contributed by atoms with Crippen LogP contribution in [0.3, 0.4) is 0 Å². The topological polar surface area (TPSA) is 108 Å². The molecule has 9 nitrogen and oxygen atoms in total. The highest BCUT2D eigenvalue weighted by atomic mass is 16.5. The first-order valence-corrected chi connectivity index (χ1v) is 13.6. The summed E-state index contributed by atoms with van der Waals surface area (Å²) in [5.41, 5.74) is 2.87. The first-order chi connectivity index (χ1) is 18.9. The van der Waals surface area contributed by atoms with Gasteiger partial charge in [0, 0.05) is 36.5 Å². The van der Waals surface area contributed by atoms with Gasteiger partial charge in [-0.3, -0.25) is 14.5 Å². The van der Waals surface area contributed by atoms with Gasteiger partial charge in [0.15, 0.2) is 12.4 Å². The lowest BCUT2D eigenvalue weighted by Crippen LogP contribution is -2.44. The molecule has 3 aromatic rings. The quantitative estimate of drug-likeness (QED) is 0.431. The van der Waals surface area contributed by atoms with Crippen LogP contribution >= 0.6 is 0 Å². The highest BCUT2D eigenvalue weighted by molar-refractivity contribution is 5.89. The Kier molecular flexibility index (Phi) is 9.85. The molecule has 0 saturated carbocycles. The molecular formula is C30H38N6O3. The average Bonchev–Trinajstić information content (AvgIpc) is 2.91. The van der Waals surface area contributed by atoms with Gasteiger partial charge in [-0.25, -0.2) is 9.97 Å². The van der Waals surface area contributed by atoms with Crippen LogP contribution in [0, 0.1) is 5.92 Å². The van der Waals surface area contributed by atoms with Crippen molar-refractivity contribution in [2.75, 3.05) is 30.3 Å². The number of Topliss-reactive ketones (excluding diaryl/α,β-unsaturated/α-hetero) is 1. The molecule has 1 unspecified atom stereocenters. The molecular weight excluding hydrogens is 492 g/mol. The summed E-state index contributed by atoms with van der Waals surface area (Å²) in [5, 5.41) is 9.54. The fraction of sp³-hybridized carbons (Fsp3) is 0.400. The molecule has 2 aromatic carbocycles. The van der Waals surface area contributed by atoms with Gasteiger partial charge in [-0.1, -0.05) is 39.0 Å². The first-order valence-electron chi connectivity index (χ1n) is 13.6. The standard InChI is InChI=1S/C30H38N6O3/c1-4-36-13-7-12-27(37)26(14-21(2)3)35-30(38)19-39-25-11-6-10-24(16-25)34-29-17-28(31-20-32-29)33-23-9-5-8-22(15-23)18-36/h5-6,8-11,15-17,20-21,26H,4,7,12-14,18-19H2,1-3H3,(H,35,38)(H2,31,32,33,34). The van der Waals surface area contributed by atoms with E-state index in [2.05, 4.69) is 63.7 Å². The molecule has 0 radical (unpaired) electrons.